The number of rotatable bonds is 20. The molecule has 1 aliphatic carbocycles. The van der Waals surface area contributed by atoms with E-state index in [0.717, 1.165) is 67.1 Å². The van der Waals surface area contributed by atoms with Crippen molar-refractivity contribution >= 4 is 17.5 Å². The third-order valence-corrected chi connectivity index (χ3v) is 21.9. The smallest absolute Gasteiger partial charge is 0.477 e. The van der Waals surface area contributed by atoms with Gasteiger partial charge in [-0.3, -0.25) is 39.9 Å². The average Bonchev–Trinajstić information content (AvgIpc) is 0.855. The Balaban J connectivity index is 0.000000191. The third kappa shape index (κ3) is 24.0. The number of halogens is 15. The Kier molecular flexibility index (Phi) is 35.6. The molecular formula is C101H70F15N16O2Pt4-3. The molecule has 0 unspecified atom stereocenters. The number of carbonyl (C=O) groups is 1. The summed E-state index contributed by atoms with van der Waals surface area (Å²) in [4.78, 5) is 67.4. The minimum Gasteiger partial charge on any atom is -0.477 e. The fourth-order valence-electron chi connectivity index (χ4n) is 15.3. The summed E-state index contributed by atoms with van der Waals surface area (Å²) in [5.74, 6) is -12.6. The molecule has 16 aromatic rings. The van der Waals surface area contributed by atoms with Gasteiger partial charge in [-0.1, -0.05) is 199 Å². The van der Waals surface area contributed by atoms with Crippen LogP contribution in [0.25, 0.3) is 67.5 Å². The Bertz CT molecular complexity index is 7030. The summed E-state index contributed by atoms with van der Waals surface area (Å²) in [7, 11) is 0. The topological polar surface area (TPSA) is 254 Å². The molecule has 1 saturated carbocycles. The molecule has 0 spiro atoms. The van der Waals surface area contributed by atoms with Gasteiger partial charge in [0.05, 0.1) is 50.7 Å². The fourth-order valence-corrected chi connectivity index (χ4v) is 15.3. The Morgan fingerprint density at radius 3 is 1.07 bits per heavy atom. The molecule has 0 aliphatic heterocycles. The van der Waals surface area contributed by atoms with Crippen molar-refractivity contribution < 1.29 is 160 Å². The molecule has 0 bridgehead atoms. The second-order valence-electron chi connectivity index (χ2n) is 31.3. The summed E-state index contributed by atoms with van der Waals surface area (Å²) in [6.07, 6.45) is 1.25. The number of benzene rings is 2. The first kappa shape index (κ1) is 107. The molecule has 18 nitrogen and oxygen atoms in total. The van der Waals surface area contributed by atoms with Crippen LogP contribution < -0.4 is 5.32 Å². The predicted octanol–water partition coefficient (Wildman–Crippen LogP) is 22.7. The van der Waals surface area contributed by atoms with E-state index in [4.69, 9.17) is 30.5 Å². The fraction of sp³-hybridized carbons (Fsp3) is 0.149. The van der Waals surface area contributed by atoms with Crippen LogP contribution in [0, 0.1) is 121 Å². The molecular weight excluding hydrogens is 2530 g/mol. The van der Waals surface area contributed by atoms with Crippen molar-refractivity contribution in [3.05, 3.63) is 424 Å². The molecule has 3 N–H and O–H groups in total. The number of aromatic nitrogens is 14. The van der Waals surface area contributed by atoms with E-state index in [1.54, 1.807) is 129 Å². The van der Waals surface area contributed by atoms with Crippen LogP contribution in [0.15, 0.2) is 249 Å². The normalized spacial score (nSPS) is 12.2. The minimum atomic E-state index is -4.76. The Hall–Kier alpha value is -13.1. The zero-order valence-electron chi connectivity index (χ0n) is 72.6. The Labute approximate surface area is 838 Å². The molecule has 1 fully saturated rings. The molecule has 0 saturated heterocycles. The molecule has 14 aromatic heterocycles. The van der Waals surface area contributed by atoms with Gasteiger partial charge in [-0.25, -0.2) is 44.9 Å². The number of hydrogen-bond donors (Lipinski definition) is 3. The van der Waals surface area contributed by atoms with Gasteiger partial charge < -0.3 is 30.8 Å². The second kappa shape index (κ2) is 45.9. The number of alkyl halides is 3. The van der Waals surface area contributed by atoms with E-state index in [0.29, 0.717) is 68.4 Å². The molecule has 714 valence electrons. The maximum Gasteiger partial charge on any atom is 2.00 e. The molecule has 17 rings (SSSR count). The van der Waals surface area contributed by atoms with Gasteiger partial charge in [-0.05, 0) is 178 Å². The number of pyridine rings is 14. The van der Waals surface area contributed by atoms with Crippen LogP contribution >= 0.6 is 0 Å². The third-order valence-electron chi connectivity index (χ3n) is 21.9. The van der Waals surface area contributed by atoms with Crippen LogP contribution in [0.2, 0.25) is 0 Å². The standard InChI is InChI=1S/C34H21F4N4.C26H19F4N4.C22H16F5N5.C19H14F2N3O2.4Pt/c1-21-20-30(36)42-33(38)31(21)26-15-9-17-28(40-26)34(22-10-4-2-5-11-22,23-12-6-3-7-13-23)27-16-8-14-25(39-27)24-18-19-29(35)41-32(24)37;1-15-14-22(28)34-25(30)23(15)18-7-5-9-20(32-18)26(12-2-3-13-26)19-8-4-6-17(31-19)16-10-11-21(27)33-24(16)29;1-21(2,16-6-3-5-14(30-16)13-9-10-18(23)32-20(13)24)17-7-4-8-19(31-17)29-12-11-15(28)22(25,26)27;1-19(2,15-8-4-6-13(23-15)18(25)26)14-7-3-5-12(22-14)11-9-10-16(20)24-17(11)21;;;;/h2-17,19-20H,1H3;4-9,11,14H,2-3,12-13H2,1H3;3-8,10-11,28H,1-2H3,(H,29,31);3-8,10H,1-2H3,(H,25,26);;;;/q2*-1;-2;-1;;;;+2. The maximum atomic E-state index is 15.0. The number of nitrogens with zero attached hydrogens (tertiary/aromatic N) is 14. The Morgan fingerprint density at radius 2 is 0.696 bits per heavy atom. The van der Waals surface area contributed by atoms with Crippen LogP contribution in [0.4, 0.5) is 71.7 Å². The van der Waals surface area contributed by atoms with Gasteiger partial charge in [-0.2, -0.15) is 40.7 Å². The number of nitrogens with one attached hydrogen (secondary N) is 2. The average molecular weight is 2610 g/mol. The molecule has 0 radical (unpaired) electrons. The van der Waals surface area contributed by atoms with Crippen molar-refractivity contribution in [1.82, 2.24) is 69.8 Å². The van der Waals surface area contributed by atoms with Crippen molar-refractivity contribution in [3.8, 4) is 67.5 Å². The number of carboxylic acids is 1. The number of hydrogen-bond acceptors (Lipinski definition) is 17. The first-order valence-electron chi connectivity index (χ1n) is 40.8. The van der Waals surface area contributed by atoms with E-state index < -0.39 is 111 Å². The van der Waals surface area contributed by atoms with Gasteiger partial charge >= 0.3 is 33.2 Å². The van der Waals surface area contributed by atoms with Gasteiger partial charge in [0.1, 0.15) is 58.7 Å². The van der Waals surface area contributed by atoms with E-state index in [2.05, 4.69) is 85.6 Å². The summed E-state index contributed by atoms with van der Waals surface area (Å²) in [5, 5.41) is 18.5. The number of aryl methyl sites for hydroxylation is 2. The summed E-state index contributed by atoms with van der Waals surface area (Å²) < 4.78 is 204. The number of allylic oxidation sites excluding steroid dienone is 1. The molecule has 0 amide bonds. The van der Waals surface area contributed by atoms with Gasteiger partial charge in [-0.15, -0.1) is 36.5 Å². The summed E-state index contributed by atoms with van der Waals surface area (Å²) in [6, 6.07) is 75.5. The van der Waals surface area contributed by atoms with Gasteiger partial charge in [0, 0.05) is 108 Å². The molecule has 37 heteroatoms. The number of aromatic carboxylic acids is 1. The number of anilines is 1. The molecule has 1 aliphatic rings. The first-order valence-corrected chi connectivity index (χ1v) is 40.8. The van der Waals surface area contributed by atoms with Crippen molar-refractivity contribution in [3.63, 3.8) is 0 Å². The van der Waals surface area contributed by atoms with Gasteiger partial charge in [0.15, 0.2) is 0 Å². The summed E-state index contributed by atoms with van der Waals surface area (Å²) >= 11 is 0. The van der Waals surface area contributed by atoms with Crippen LogP contribution in [-0.2, 0) is 106 Å². The minimum absolute atomic E-state index is 0. The molecule has 0 atom stereocenters. The SMILES string of the molecule is CC(C)(c1cccc(C(=O)O)n1)c1cccc(-c2[c-]cc(F)nc2F)n1.CC(C)(c1cccc(N[C-]=CC(=N)C(F)(F)F)n1)c1cccc(-c2[c-]cc(F)nc2F)n1.Cc1cc(F)nc(F)c1-c1cccc(C(c2ccccc2)(c2ccccc2)c2cccc(-c3[c-]cc(F)nc3F)n2)n1.Cc1cc(F)nc(F)c1-c1cccc(C2(c3cccc(-c4[c-]cc(F)nc4F)n3)CCCC2)n1.[Pt+2].[Pt].[Pt].[Pt]. The monoisotopic (exact) mass is 2600 g/mol. The Morgan fingerprint density at radius 1 is 0.384 bits per heavy atom. The molecule has 14 heterocycles. The van der Waals surface area contributed by atoms with Gasteiger partial charge in [0.25, 0.3) is 0 Å². The summed E-state index contributed by atoms with van der Waals surface area (Å²) in [5.41, 5.74) is 3.26. The maximum absolute atomic E-state index is 15.0. The van der Waals surface area contributed by atoms with Crippen LogP contribution in [0.3, 0.4) is 0 Å². The van der Waals surface area contributed by atoms with Crippen LogP contribution in [0.1, 0.15) is 132 Å². The van der Waals surface area contributed by atoms with Crippen molar-refractivity contribution in [2.45, 2.75) is 95.1 Å². The van der Waals surface area contributed by atoms with E-state index in [1.165, 1.54) is 24.3 Å². The van der Waals surface area contributed by atoms with Crippen LogP contribution in [-0.4, -0.2) is 92.7 Å². The van der Waals surface area contributed by atoms with E-state index in [9.17, 15) is 66.3 Å². The molecule has 138 heavy (non-hydrogen) atoms. The quantitative estimate of drug-likeness (QED) is 0.0211. The summed E-state index contributed by atoms with van der Waals surface area (Å²) in [6.45, 7) is 10.5. The van der Waals surface area contributed by atoms with E-state index >= 15 is 4.39 Å². The van der Waals surface area contributed by atoms with Crippen molar-refractivity contribution in [2.75, 3.05) is 5.32 Å². The van der Waals surface area contributed by atoms with Crippen molar-refractivity contribution in [1.29, 1.82) is 5.41 Å². The van der Waals surface area contributed by atoms with E-state index in [-0.39, 0.29) is 158 Å². The molecule has 2 aromatic carbocycles. The predicted molar refractivity (Wildman–Crippen MR) is 465 cm³/mol. The second-order valence-corrected chi connectivity index (χ2v) is 31.3. The van der Waals surface area contributed by atoms with Crippen molar-refractivity contribution in [2.24, 2.45) is 0 Å². The van der Waals surface area contributed by atoms with E-state index in [1.807, 2.05) is 100 Å². The largest absolute Gasteiger partial charge is 2.00 e. The zero-order valence-corrected chi connectivity index (χ0v) is 81.6. The number of carboxylic acid groups (broad SMARTS) is 1. The zero-order chi connectivity index (χ0) is 95.6. The van der Waals surface area contributed by atoms with Crippen LogP contribution in [0.5, 0.6) is 0 Å². The first-order chi connectivity index (χ1) is 64.0. The van der Waals surface area contributed by atoms with Gasteiger partial charge in [0.2, 0.25) is 23.8 Å².